The summed E-state index contributed by atoms with van der Waals surface area (Å²) in [5.41, 5.74) is 6.92. The Morgan fingerprint density at radius 2 is 2.26 bits per heavy atom. The second-order valence-electron chi connectivity index (χ2n) is 5.28. The van der Waals surface area contributed by atoms with Crippen LogP contribution < -0.4 is 5.73 Å². The van der Waals surface area contributed by atoms with Gasteiger partial charge in [0.2, 0.25) is 0 Å². The molecule has 1 amide bonds. The minimum Gasteiger partial charge on any atom is -0.337 e. The Morgan fingerprint density at radius 3 is 2.95 bits per heavy atom. The first-order valence-corrected chi connectivity index (χ1v) is 7.34. The van der Waals surface area contributed by atoms with Gasteiger partial charge in [-0.15, -0.1) is 17.5 Å². The number of nitrogens with two attached hydrogens (primary N) is 1. The maximum Gasteiger partial charge on any atom is 0.267 e. The van der Waals surface area contributed by atoms with Gasteiger partial charge in [-0.1, -0.05) is 11.4 Å². The lowest BCUT2D eigenvalue weighted by Gasteiger charge is -2.18. The molecule has 0 aromatic carbocycles. The van der Waals surface area contributed by atoms with Crippen molar-refractivity contribution in [2.75, 3.05) is 13.1 Å². The van der Waals surface area contributed by atoms with Crippen LogP contribution in [0, 0.1) is 11.8 Å². The Kier molecular flexibility index (Phi) is 4.43. The highest BCUT2D eigenvalue weighted by molar-refractivity contribution is 7.08. The number of aromatic nitrogens is 2. The number of aryl methyl sites for hydroxylation is 1. The molecule has 2 fully saturated rings. The van der Waals surface area contributed by atoms with Crippen molar-refractivity contribution in [3.63, 3.8) is 0 Å². The number of carbonyl (C=O) groups is 1. The second-order valence-corrected chi connectivity index (χ2v) is 6.03. The Labute approximate surface area is 123 Å². The molecule has 3 unspecified atom stereocenters. The van der Waals surface area contributed by atoms with Crippen molar-refractivity contribution in [3.8, 4) is 0 Å². The Hall–Kier alpha value is -0.720. The van der Waals surface area contributed by atoms with Crippen LogP contribution in [0.1, 0.15) is 35.1 Å². The third-order valence-corrected chi connectivity index (χ3v) is 5.04. The molecule has 3 atom stereocenters. The van der Waals surface area contributed by atoms with Crippen molar-refractivity contribution in [2.45, 2.75) is 32.2 Å². The molecule has 0 bridgehead atoms. The van der Waals surface area contributed by atoms with E-state index < -0.39 is 0 Å². The molecule has 1 saturated carbocycles. The zero-order valence-corrected chi connectivity index (χ0v) is 12.5. The Bertz CT molecular complexity index is 466. The topological polar surface area (TPSA) is 72.1 Å². The van der Waals surface area contributed by atoms with Crippen LogP contribution in [0.4, 0.5) is 0 Å². The monoisotopic (exact) mass is 302 g/mol. The fourth-order valence-electron chi connectivity index (χ4n) is 3.22. The third kappa shape index (κ3) is 2.49. The van der Waals surface area contributed by atoms with Gasteiger partial charge in [0.1, 0.15) is 4.88 Å². The van der Waals surface area contributed by atoms with Crippen LogP contribution in [0.5, 0.6) is 0 Å². The van der Waals surface area contributed by atoms with Crippen molar-refractivity contribution in [1.29, 1.82) is 0 Å². The summed E-state index contributed by atoms with van der Waals surface area (Å²) in [5.74, 6) is 1.21. The van der Waals surface area contributed by atoms with Crippen LogP contribution in [-0.2, 0) is 6.42 Å². The molecule has 1 aliphatic heterocycles. The Morgan fingerprint density at radius 1 is 1.47 bits per heavy atom. The molecule has 1 aromatic heterocycles. The van der Waals surface area contributed by atoms with Gasteiger partial charge in [0, 0.05) is 19.1 Å². The third-order valence-electron chi connectivity index (χ3n) is 4.28. The van der Waals surface area contributed by atoms with Gasteiger partial charge in [-0.05, 0) is 42.6 Å². The number of halogens is 1. The van der Waals surface area contributed by atoms with Gasteiger partial charge in [0.25, 0.3) is 5.91 Å². The van der Waals surface area contributed by atoms with E-state index in [2.05, 4.69) is 9.59 Å². The SMILES string of the molecule is CCc1nnsc1C(=O)N1CC2CCC(N)C2C1.Cl. The second kappa shape index (κ2) is 5.73. The zero-order valence-electron chi connectivity index (χ0n) is 10.9. The molecule has 2 N–H and O–H groups in total. The number of hydrogen-bond acceptors (Lipinski definition) is 5. The molecule has 1 aromatic rings. The molecule has 106 valence electrons. The largest absolute Gasteiger partial charge is 0.337 e. The van der Waals surface area contributed by atoms with Crippen LogP contribution in [0.2, 0.25) is 0 Å². The smallest absolute Gasteiger partial charge is 0.267 e. The normalized spacial score (nSPS) is 29.2. The van der Waals surface area contributed by atoms with Gasteiger partial charge in [0.05, 0.1) is 5.69 Å². The first kappa shape index (κ1) is 14.7. The van der Waals surface area contributed by atoms with Crippen LogP contribution in [0.3, 0.4) is 0 Å². The highest BCUT2D eigenvalue weighted by atomic mass is 35.5. The maximum atomic E-state index is 12.4. The van der Waals surface area contributed by atoms with Crippen LogP contribution in [0.15, 0.2) is 0 Å². The molecule has 3 rings (SSSR count). The molecule has 1 saturated heterocycles. The van der Waals surface area contributed by atoms with Gasteiger partial charge >= 0.3 is 0 Å². The van der Waals surface area contributed by atoms with Crippen LogP contribution >= 0.6 is 23.9 Å². The van der Waals surface area contributed by atoms with E-state index in [1.165, 1.54) is 11.5 Å². The quantitative estimate of drug-likeness (QED) is 0.894. The number of hydrogen-bond donors (Lipinski definition) is 1. The van der Waals surface area contributed by atoms with Crippen molar-refractivity contribution >= 4 is 29.8 Å². The summed E-state index contributed by atoms with van der Waals surface area (Å²) in [6, 6.07) is 0.276. The molecule has 7 heteroatoms. The summed E-state index contributed by atoms with van der Waals surface area (Å²) < 4.78 is 3.89. The van der Waals surface area contributed by atoms with E-state index in [0.717, 1.165) is 38.0 Å². The number of rotatable bonds is 2. The van der Waals surface area contributed by atoms with Crippen molar-refractivity contribution in [1.82, 2.24) is 14.5 Å². The van der Waals surface area contributed by atoms with Gasteiger partial charge in [-0.25, -0.2) is 0 Å². The number of fused-ring (bicyclic) bond motifs is 1. The van der Waals surface area contributed by atoms with E-state index in [-0.39, 0.29) is 24.4 Å². The minimum absolute atomic E-state index is 0. The molecule has 0 radical (unpaired) electrons. The number of nitrogens with zero attached hydrogens (tertiary/aromatic N) is 3. The number of amides is 1. The summed E-state index contributed by atoms with van der Waals surface area (Å²) in [6.07, 6.45) is 3.04. The highest BCUT2D eigenvalue weighted by Gasteiger charge is 2.43. The molecular formula is C12H19ClN4OS. The predicted molar refractivity (Wildman–Crippen MR) is 76.6 cm³/mol. The van der Waals surface area contributed by atoms with Crippen molar-refractivity contribution < 1.29 is 4.79 Å². The van der Waals surface area contributed by atoms with E-state index in [0.29, 0.717) is 16.7 Å². The fourth-order valence-corrected chi connectivity index (χ4v) is 3.94. The molecule has 1 aliphatic carbocycles. The average Bonchev–Trinajstić information content (AvgIpc) is 3.05. The lowest BCUT2D eigenvalue weighted by molar-refractivity contribution is 0.0783. The van der Waals surface area contributed by atoms with E-state index in [9.17, 15) is 4.79 Å². The molecule has 2 heterocycles. The summed E-state index contributed by atoms with van der Waals surface area (Å²) in [6.45, 7) is 3.67. The summed E-state index contributed by atoms with van der Waals surface area (Å²) in [7, 11) is 0. The zero-order chi connectivity index (χ0) is 12.7. The lowest BCUT2D eigenvalue weighted by Crippen LogP contribution is -2.33. The van der Waals surface area contributed by atoms with E-state index in [1.54, 1.807) is 0 Å². The summed E-state index contributed by atoms with van der Waals surface area (Å²) in [5, 5.41) is 4.01. The summed E-state index contributed by atoms with van der Waals surface area (Å²) in [4.78, 5) is 15.1. The predicted octanol–water partition coefficient (Wildman–Crippen LogP) is 1.33. The molecule has 2 aliphatic rings. The van der Waals surface area contributed by atoms with E-state index in [4.69, 9.17) is 5.73 Å². The van der Waals surface area contributed by atoms with Crippen molar-refractivity contribution in [2.24, 2.45) is 17.6 Å². The van der Waals surface area contributed by atoms with E-state index in [1.807, 2.05) is 11.8 Å². The maximum absolute atomic E-state index is 12.4. The van der Waals surface area contributed by atoms with Crippen molar-refractivity contribution in [3.05, 3.63) is 10.6 Å². The van der Waals surface area contributed by atoms with E-state index >= 15 is 0 Å². The molecule has 5 nitrogen and oxygen atoms in total. The summed E-state index contributed by atoms with van der Waals surface area (Å²) >= 11 is 1.21. The fraction of sp³-hybridized carbons (Fsp3) is 0.750. The highest BCUT2D eigenvalue weighted by Crippen LogP contribution is 2.37. The molecular weight excluding hydrogens is 284 g/mol. The standard InChI is InChI=1S/C12H18N4OS.ClH/c1-2-10-11(18-15-14-10)12(17)16-5-7-3-4-9(13)8(7)6-16;/h7-9H,2-6,13H2,1H3;1H. The first-order chi connectivity index (χ1) is 8.70. The van der Waals surface area contributed by atoms with Gasteiger partial charge in [-0.2, -0.15) is 0 Å². The van der Waals surface area contributed by atoms with Gasteiger partial charge < -0.3 is 10.6 Å². The Balaban J connectivity index is 0.00000133. The molecule has 0 spiro atoms. The lowest BCUT2D eigenvalue weighted by atomic mass is 9.98. The van der Waals surface area contributed by atoms with Crippen LogP contribution in [0.25, 0.3) is 0 Å². The van der Waals surface area contributed by atoms with Gasteiger partial charge in [0.15, 0.2) is 0 Å². The first-order valence-electron chi connectivity index (χ1n) is 6.56. The van der Waals surface area contributed by atoms with Crippen LogP contribution in [-0.4, -0.2) is 39.5 Å². The number of carbonyl (C=O) groups excluding carboxylic acids is 1. The number of likely N-dealkylation sites (tertiary alicyclic amines) is 1. The minimum atomic E-state index is 0. The van der Waals surface area contributed by atoms with Gasteiger partial charge in [-0.3, -0.25) is 4.79 Å². The molecule has 19 heavy (non-hydrogen) atoms. The average molecular weight is 303 g/mol.